The van der Waals surface area contributed by atoms with Crippen LogP contribution in [0.2, 0.25) is 0 Å². The highest BCUT2D eigenvalue weighted by atomic mass is 16.5. The maximum Gasteiger partial charge on any atom is 0.360 e. The van der Waals surface area contributed by atoms with Gasteiger partial charge >= 0.3 is 5.97 Å². The van der Waals surface area contributed by atoms with Crippen molar-refractivity contribution in [2.45, 2.75) is 12.6 Å². The van der Waals surface area contributed by atoms with Gasteiger partial charge in [-0.05, 0) is 17.7 Å². The van der Waals surface area contributed by atoms with E-state index in [0.29, 0.717) is 0 Å². The molecule has 0 amide bonds. The van der Waals surface area contributed by atoms with Crippen molar-refractivity contribution in [3.63, 3.8) is 0 Å². The van der Waals surface area contributed by atoms with Crippen molar-refractivity contribution in [2.24, 2.45) is 0 Å². The molecule has 1 aromatic heterocycles. The first-order valence-corrected chi connectivity index (χ1v) is 5.94. The number of hydrogen-bond donors (Lipinski definition) is 1. The van der Waals surface area contributed by atoms with Gasteiger partial charge in [-0.2, -0.15) is 0 Å². The first-order chi connectivity index (χ1) is 9.63. The van der Waals surface area contributed by atoms with E-state index in [4.69, 9.17) is 4.74 Å². The lowest BCUT2D eigenvalue weighted by Crippen LogP contribution is -2.09. The van der Waals surface area contributed by atoms with Gasteiger partial charge in [0.1, 0.15) is 5.75 Å². The van der Waals surface area contributed by atoms with E-state index in [0.717, 1.165) is 11.3 Å². The van der Waals surface area contributed by atoms with E-state index in [1.165, 1.54) is 18.0 Å². The van der Waals surface area contributed by atoms with Crippen molar-refractivity contribution in [1.82, 2.24) is 15.0 Å². The quantitative estimate of drug-likeness (QED) is 0.814. The molecule has 1 atom stereocenters. The van der Waals surface area contributed by atoms with Gasteiger partial charge < -0.3 is 14.6 Å². The van der Waals surface area contributed by atoms with Crippen LogP contribution in [0.5, 0.6) is 5.75 Å². The first-order valence-electron chi connectivity index (χ1n) is 5.94. The van der Waals surface area contributed by atoms with Crippen LogP contribution in [0.25, 0.3) is 0 Å². The Morgan fingerprint density at radius 1 is 1.35 bits per heavy atom. The molecule has 0 aliphatic heterocycles. The number of aliphatic hydroxyl groups is 1. The number of aliphatic hydroxyl groups excluding tert-OH is 1. The Hall–Kier alpha value is -2.41. The third-order valence-electron chi connectivity index (χ3n) is 2.79. The van der Waals surface area contributed by atoms with Gasteiger partial charge in [0.15, 0.2) is 5.69 Å². The SMILES string of the molecule is COC(=O)c1cn(CC(O)c2ccc(OC)cc2)nn1. The lowest BCUT2D eigenvalue weighted by molar-refractivity contribution is 0.0593. The van der Waals surface area contributed by atoms with Crippen molar-refractivity contribution in [1.29, 1.82) is 0 Å². The van der Waals surface area contributed by atoms with Crippen molar-refractivity contribution in [2.75, 3.05) is 14.2 Å². The van der Waals surface area contributed by atoms with E-state index in [1.807, 2.05) is 0 Å². The summed E-state index contributed by atoms with van der Waals surface area (Å²) in [5.41, 5.74) is 0.829. The molecule has 2 rings (SSSR count). The van der Waals surface area contributed by atoms with Crippen LogP contribution in [0.4, 0.5) is 0 Å². The molecule has 0 aliphatic carbocycles. The van der Waals surface area contributed by atoms with Gasteiger partial charge in [-0.1, -0.05) is 17.3 Å². The van der Waals surface area contributed by atoms with Crippen molar-refractivity contribution < 1.29 is 19.4 Å². The molecule has 0 aliphatic rings. The minimum Gasteiger partial charge on any atom is -0.497 e. The zero-order chi connectivity index (χ0) is 14.5. The largest absolute Gasteiger partial charge is 0.497 e. The molecule has 20 heavy (non-hydrogen) atoms. The molecule has 0 spiro atoms. The number of hydrogen-bond acceptors (Lipinski definition) is 6. The maximum absolute atomic E-state index is 11.2. The Morgan fingerprint density at radius 3 is 2.65 bits per heavy atom. The Labute approximate surface area is 115 Å². The maximum atomic E-state index is 11.2. The van der Waals surface area contributed by atoms with Gasteiger partial charge in [-0.3, -0.25) is 0 Å². The number of esters is 1. The number of ether oxygens (including phenoxy) is 2. The minimum atomic E-state index is -0.756. The average molecular weight is 277 g/mol. The van der Waals surface area contributed by atoms with Gasteiger partial charge in [0.2, 0.25) is 0 Å². The Kier molecular flexibility index (Phi) is 4.31. The van der Waals surface area contributed by atoms with Crippen LogP contribution in [0.15, 0.2) is 30.5 Å². The number of aromatic nitrogens is 3. The molecule has 1 unspecified atom stereocenters. The summed E-state index contributed by atoms with van der Waals surface area (Å²) in [4.78, 5) is 11.2. The van der Waals surface area contributed by atoms with Crippen LogP contribution in [-0.2, 0) is 11.3 Å². The number of benzene rings is 1. The molecule has 1 N–H and O–H groups in total. The minimum absolute atomic E-state index is 0.106. The second-order valence-corrected chi connectivity index (χ2v) is 4.11. The molecule has 7 heteroatoms. The number of carbonyl (C=O) groups excluding carboxylic acids is 1. The molecule has 0 bridgehead atoms. The molecule has 0 saturated carbocycles. The van der Waals surface area contributed by atoms with Gasteiger partial charge in [0.25, 0.3) is 0 Å². The summed E-state index contributed by atoms with van der Waals surface area (Å²) in [6, 6.07) is 7.06. The smallest absolute Gasteiger partial charge is 0.360 e. The molecule has 1 aromatic carbocycles. The molecular formula is C13H15N3O4. The lowest BCUT2D eigenvalue weighted by atomic mass is 10.1. The monoisotopic (exact) mass is 277 g/mol. The fourth-order valence-corrected chi connectivity index (χ4v) is 1.69. The van der Waals surface area contributed by atoms with Gasteiger partial charge in [-0.15, -0.1) is 5.10 Å². The Bertz CT molecular complexity index is 580. The van der Waals surface area contributed by atoms with E-state index >= 15 is 0 Å². The normalized spacial score (nSPS) is 11.9. The molecule has 2 aromatic rings. The molecule has 1 heterocycles. The van der Waals surface area contributed by atoms with Crippen LogP contribution < -0.4 is 4.74 Å². The summed E-state index contributed by atoms with van der Waals surface area (Å²) in [6.45, 7) is 0.191. The Balaban J connectivity index is 2.04. The third-order valence-corrected chi connectivity index (χ3v) is 2.79. The van der Waals surface area contributed by atoms with Crippen LogP contribution in [0.1, 0.15) is 22.2 Å². The summed E-state index contributed by atoms with van der Waals surface area (Å²) < 4.78 is 11.0. The summed E-state index contributed by atoms with van der Waals surface area (Å²) in [5.74, 6) is 0.157. The van der Waals surface area contributed by atoms with Crippen LogP contribution >= 0.6 is 0 Å². The average Bonchev–Trinajstić information content (AvgIpc) is 2.95. The first kappa shape index (κ1) is 14.0. The van der Waals surface area contributed by atoms with Crippen molar-refractivity contribution in [3.05, 3.63) is 41.7 Å². The van der Waals surface area contributed by atoms with E-state index in [-0.39, 0.29) is 12.2 Å². The molecular weight excluding hydrogens is 262 g/mol. The second-order valence-electron chi connectivity index (χ2n) is 4.11. The van der Waals surface area contributed by atoms with Crippen LogP contribution in [0.3, 0.4) is 0 Å². The lowest BCUT2D eigenvalue weighted by Gasteiger charge is -2.11. The molecule has 7 nitrogen and oxygen atoms in total. The molecule has 0 saturated heterocycles. The predicted octanol–water partition coefficient (Wildman–Crippen LogP) is 0.807. The number of carbonyl (C=O) groups is 1. The summed E-state index contributed by atoms with van der Waals surface area (Å²) in [6.07, 6.45) is 0.673. The standard InChI is InChI=1S/C13H15N3O4/c1-19-10-5-3-9(4-6-10)12(17)8-16-7-11(14-15-16)13(18)20-2/h3-7,12,17H,8H2,1-2H3. The summed E-state index contributed by atoms with van der Waals surface area (Å²) in [5, 5.41) is 17.5. The number of methoxy groups -OCH3 is 2. The topological polar surface area (TPSA) is 86.5 Å². The number of nitrogens with zero attached hydrogens (tertiary/aromatic N) is 3. The highest BCUT2D eigenvalue weighted by Gasteiger charge is 2.14. The van der Waals surface area contributed by atoms with Crippen molar-refractivity contribution in [3.8, 4) is 5.75 Å². The van der Waals surface area contributed by atoms with Crippen LogP contribution in [0, 0.1) is 0 Å². The van der Waals surface area contributed by atoms with E-state index in [2.05, 4.69) is 15.0 Å². The molecule has 0 radical (unpaired) electrons. The summed E-state index contributed by atoms with van der Waals surface area (Å²) in [7, 11) is 2.85. The van der Waals surface area contributed by atoms with Gasteiger partial charge in [0.05, 0.1) is 33.1 Å². The van der Waals surface area contributed by atoms with E-state index in [1.54, 1.807) is 31.4 Å². The fraction of sp³-hybridized carbons (Fsp3) is 0.308. The van der Waals surface area contributed by atoms with E-state index in [9.17, 15) is 9.90 Å². The second kappa shape index (κ2) is 6.16. The van der Waals surface area contributed by atoms with Gasteiger partial charge in [0, 0.05) is 0 Å². The predicted molar refractivity (Wildman–Crippen MR) is 69.3 cm³/mol. The number of rotatable bonds is 5. The van der Waals surface area contributed by atoms with Crippen molar-refractivity contribution >= 4 is 5.97 Å². The van der Waals surface area contributed by atoms with Crippen LogP contribution in [-0.4, -0.2) is 40.3 Å². The highest BCUT2D eigenvalue weighted by Crippen LogP contribution is 2.18. The highest BCUT2D eigenvalue weighted by molar-refractivity contribution is 5.86. The Morgan fingerprint density at radius 2 is 2.05 bits per heavy atom. The molecule has 106 valence electrons. The van der Waals surface area contributed by atoms with E-state index < -0.39 is 12.1 Å². The zero-order valence-electron chi connectivity index (χ0n) is 11.2. The fourth-order valence-electron chi connectivity index (χ4n) is 1.69. The van der Waals surface area contributed by atoms with Gasteiger partial charge in [-0.25, -0.2) is 9.48 Å². The summed E-state index contributed by atoms with van der Waals surface area (Å²) >= 11 is 0. The third kappa shape index (κ3) is 3.12. The molecule has 0 fully saturated rings. The zero-order valence-corrected chi connectivity index (χ0v) is 11.2.